The second kappa shape index (κ2) is 2.99. The van der Waals surface area contributed by atoms with Crippen LogP contribution in [0, 0.1) is 6.92 Å². The molecule has 0 fully saturated rings. The lowest BCUT2D eigenvalue weighted by Gasteiger charge is -2.19. The van der Waals surface area contributed by atoms with Crippen LogP contribution in [0.5, 0.6) is 0 Å². The van der Waals surface area contributed by atoms with Crippen LogP contribution < -0.4 is 5.76 Å². The van der Waals surface area contributed by atoms with Crippen molar-refractivity contribution in [1.29, 1.82) is 0 Å². The molecule has 0 aliphatic heterocycles. The van der Waals surface area contributed by atoms with Crippen molar-refractivity contribution in [2.24, 2.45) is 0 Å². The van der Waals surface area contributed by atoms with Crippen LogP contribution in [-0.4, -0.2) is 4.98 Å². The fourth-order valence-corrected chi connectivity index (χ4v) is 1.76. The minimum atomic E-state index is -0.388. The smallest absolute Gasteiger partial charge is 0.408 e. The lowest BCUT2D eigenvalue weighted by Crippen LogP contribution is -2.11. The highest BCUT2D eigenvalue weighted by molar-refractivity contribution is 5.78. The van der Waals surface area contributed by atoms with E-state index in [-0.39, 0.29) is 11.2 Å². The normalized spacial score (nSPS) is 12.3. The number of hydrogen-bond acceptors (Lipinski definition) is 2. The van der Waals surface area contributed by atoms with Gasteiger partial charge in [0.2, 0.25) is 0 Å². The number of aromatic amines is 1. The molecule has 1 aromatic heterocycles. The van der Waals surface area contributed by atoms with Crippen molar-refractivity contribution in [3.63, 3.8) is 0 Å². The Kier molecular flexibility index (Phi) is 2.00. The summed E-state index contributed by atoms with van der Waals surface area (Å²) in [4.78, 5) is 13.8. The van der Waals surface area contributed by atoms with Gasteiger partial charge in [-0.1, -0.05) is 26.8 Å². The van der Waals surface area contributed by atoms with Gasteiger partial charge in [0.25, 0.3) is 0 Å². The third kappa shape index (κ3) is 1.69. The first-order valence-electron chi connectivity index (χ1n) is 5.02. The van der Waals surface area contributed by atoms with Crippen molar-refractivity contribution in [2.75, 3.05) is 0 Å². The van der Waals surface area contributed by atoms with E-state index in [1.54, 1.807) is 0 Å². The quantitative estimate of drug-likeness (QED) is 0.718. The topological polar surface area (TPSA) is 46.0 Å². The monoisotopic (exact) mass is 205 g/mol. The van der Waals surface area contributed by atoms with Gasteiger partial charge in [0.15, 0.2) is 5.58 Å². The number of nitrogens with one attached hydrogen (secondary N) is 1. The molecular weight excluding hydrogens is 190 g/mol. The number of rotatable bonds is 0. The average molecular weight is 205 g/mol. The molecule has 0 spiro atoms. The predicted octanol–water partition coefficient (Wildman–Crippen LogP) is 2.73. The Labute approximate surface area is 88.1 Å². The van der Waals surface area contributed by atoms with Crippen LogP contribution in [0.1, 0.15) is 31.9 Å². The van der Waals surface area contributed by atoms with Crippen LogP contribution in [0.3, 0.4) is 0 Å². The summed E-state index contributed by atoms with van der Waals surface area (Å²) >= 11 is 0. The Morgan fingerprint density at radius 1 is 1.27 bits per heavy atom. The van der Waals surface area contributed by atoms with E-state index in [0.717, 1.165) is 16.6 Å². The van der Waals surface area contributed by atoms with Crippen LogP contribution in [0.4, 0.5) is 0 Å². The molecular formula is C12H15NO2. The molecule has 3 heteroatoms. The maximum absolute atomic E-state index is 11.2. The van der Waals surface area contributed by atoms with Crippen LogP contribution in [-0.2, 0) is 5.41 Å². The van der Waals surface area contributed by atoms with E-state index in [4.69, 9.17) is 4.42 Å². The van der Waals surface area contributed by atoms with E-state index < -0.39 is 0 Å². The summed E-state index contributed by atoms with van der Waals surface area (Å²) in [7, 11) is 0. The standard InChI is InChI=1S/C12H15NO2/c1-7-5-8(12(2,3)4)10-9(6-7)13-11(14)15-10/h5-6H,1-4H3,(H,13,14). The molecule has 3 nitrogen and oxygen atoms in total. The fourth-order valence-electron chi connectivity index (χ4n) is 1.76. The third-order valence-electron chi connectivity index (χ3n) is 2.47. The van der Waals surface area contributed by atoms with E-state index in [0.29, 0.717) is 5.58 Å². The van der Waals surface area contributed by atoms with Crippen molar-refractivity contribution < 1.29 is 4.42 Å². The van der Waals surface area contributed by atoms with E-state index in [9.17, 15) is 4.79 Å². The molecule has 0 saturated heterocycles. The van der Waals surface area contributed by atoms with Gasteiger partial charge in [0.1, 0.15) is 0 Å². The first kappa shape index (κ1) is 10.0. The highest BCUT2D eigenvalue weighted by Gasteiger charge is 2.20. The molecule has 0 atom stereocenters. The second-order valence-corrected chi connectivity index (χ2v) is 4.95. The molecule has 2 rings (SSSR count). The Hall–Kier alpha value is -1.51. The molecule has 80 valence electrons. The average Bonchev–Trinajstić information content (AvgIpc) is 2.41. The molecule has 0 saturated carbocycles. The van der Waals surface area contributed by atoms with E-state index in [2.05, 4.69) is 31.8 Å². The molecule has 1 N–H and O–H groups in total. The molecule has 1 heterocycles. The lowest BCUT2D eigenvalue weighted by molar-refractivity contribution is 0.528. The third-order valence-corrected chi connectivity index (χ3v) is 2.47. The van der Waals surface area contributed by atoms with Crippen LogP contribution in [0.15, 0.2) is 21.3 Å². The van der Waals surface area contributed by atoms with Gasteiger partial charge in [-0.2, -0.15) is 0 Å². The van der Waals surface area contributed by atoms with Gasteiger partial charge in [-0.3, -0.25) is 4.98 Å². The maximum atomic E-state index is 11.2. The zero-order valence-corrected chi connectivity index (χ0v) is 9.47. The SMILES string of the molecule is Cc1cc(C(C)(C)C)c2oc(=O)[nH]c2c1. The highest BCUT2D eigenvalue weighted by atomic mass is 16.4. The summed E-state index contributed by atoms with van der Waals surface area (Å²) in [6, 6.07) is 3.99. The number of oxazole rings is 1. The molecule has 0 radical (unpaired) electrons. The zero-order chi connectivity index (χ0) is 11.2. The second-order valence-electron chi connectivity index (χ2n) is 4.95. The Morgan fingerprint density at radius 2 is 1.93 bits per heavy atom. The maximum Gasteiger partial charge on any atom is 0.417 e. The lowest BCUT2D eigenvalue weighted by atomic mass is 9.85. The largest absolute Gasteiger partial charge is 0.417 e. The minimum Gasteiger partial charge on any atom is -0.408 e. The summed E-state index contributed by atoms with van der Waals surface area (Å²) in [5.41, 5.74) is 3.63. The van der Waals surface area contributed by atoms with Crippen LogP contribution in [0.2, 0.25) is 0 Å². The molecule has 0 amide bonds. The Morgan fingerprint density at radius 3 is 2.53 bits per heavy atom. The van der Waals surface area contributed by atoms with Crippen LogP contribution in [0.25, 0.3) is 11.1 Å². The predicted molar refractivity (Wildman–Crippen MR) is 60.3 cm³/mol. The number of aromatic nitrogens is 1. The van der Waals surface area contributed by atoms with Gasteiger partial charge in [-0.25, -0.2) is 4.79 Å². The van der Waals surface area contributed by atoms with Gasteiger partial charge in [-0.15, -0.1) is 0 Å². The van der Waals surface area contributed by atoms with Crippen molar-refractivity contribution in [2.45, 2.75) is 33.1 Å². The molecule has 15 heavy (non-hydrogen) atoms. The zero-order valence-electron chi connectivity index (χ0n) is 9.47. The van der Waals surface area contributed by atoms with Crippen molar-refractivity contribution >= 4 is 11.1 Å². The number of hydrogen-bond donors (Lipinski definition) is 1. The van der Waals surface area contributed by atoms with Gasteiger partial charge in [0.05, 0.1) is 5.52 Å². The molecule has 2 aromatic rings. The number of benzene rings is 1. The van der Waals surface area contributed by atoms with Gasteiger partial charge < -0.3 is 4.42 Å². The summed E-state index contributed by atoms with van der Waals surface area (Å²) < 4.78 is 5.17. The van der Waals surface area contributed by atoms with Gasteiger partial charge in [-0.05, 0) is 24.0 Å². The van der Waals surface area contributed by atoms with Crippen LogP contribution >= 0.6 is 0 Å². The fraction of sp³-hybridized carbons (Fsp3) is 0.417. The first-order valence-corrected chi connectivity index (χ1v) is 5.02. The van der Waals surface area contributed by atoms with Crippen molar-refractivity contribution in [3.8, 4) is 0 Å². The molecule has 1 aromatic carbocycles. The van der Waals surface area contributed by atoms with Crippen molar-refractivity contribution in [1.82, 2.24) is 4.98 Å². The van der Waals surface area contributed by atoms with E-state index in [1.165, 1.54) is 0 Å². The van der Waals surface area contributed by atoms with E-state index in [1.807, 2.05) is 13.0 Å². The Bertz CT molecular complexity index is 555. The minimum absolute atomic E-state index is 0.0254. The number of aryl methyl sites for hydroxylation is 1. The molecule has 0 bridgehead atoms. The van der Waals surface area contributed by atoms with Gasteiger partial charge >= 0.3 is 5.76 Å². The summed E-state index contributed by atoms with van der Waals surface area (Å²) in [6.45, 7) is 8.33. The van der Waals surface area contributed by atoms with Crippen molar-refractivity contribution in [3.05, 3.63) is 33.8 Å². The molecule has 0 aliphatic rings. The summed E-state index contributed by atoms with van der Waals surface area (Å²) in [5.74, 6) is -0.388. The molecule has 0 aliphatic carbocycles. The molecule has 0 unspecified atom stereocenters. The summed E-state index contributed by atoms with van der Waals surface area (Å²) in [5, 5.41) is 0. The number of H-pyrrole nitrogens is 1. The highest BCUT2D eigenvalue weighted by Crippen LogP contribution is 2.29. The van der Waals surface area contributed by atoms with Gasteiger partial charge in [0, 0.05) is 5.56 Å². The Balaban J connectivity index is 2.88. The first-order chi connectivity index (χ1) is 6.88. The number of fused-ring (bicyclic) bond motifs is 1. The summed E-state index contributed by atoms with van der Waals surface area (Å²) in [6.07, 6.45) is 0. The van der Waals surface area contributed by atoms with E-state index >= 15 is 0 Å².